The predicted molar refractivity (Wildman–Crippen MR) is 88.8 cm³/mol. The number of rotatable bonds is 4. The summed E-state index contributed by atoms with van der Waals surface area (Å²) in [5.74, 6) is -0.375. The van der Waals surface area contributed by atoms with Crippen molar-refractivity contribution in [1.82, 2.24) is 9.88 Å². The summed E-state index contributed by atoms with van der Waals surface area (Å²) >= 11 is 0.874. The minimum atomic E-state index is -0.499. The lowest BCUT2D eigenvalue weighted by molar-refractivity contribution is -0.384. The summed E-state index contributed by atoms with van der Waals surface area (Å²) in [5, 5.41) is 10.3. The molecule has 7 nitrogen and oxygen atoms in total. The molecule has 2 aromatic rings. The number of nitro benzene ring substituents is 1. The first-order valence-corrected chi connectivity index (χ1v) is 7.75. The molecule has 1 aliphatic rings. The Kier molecular flexibility index (Phi) is 4.39. The van der Waals surface area contributed by atoms with Crippen molar-refractivity contribution in [3.63, 3.8) is 0 Å². The van der Waals surface area contributed by atoms with Crippen LogP contribution in [0.4, 0.5) is 10.5 Å². The van der Waals surface area contributed by atoms with Gasteiger partial charge in [-0.25, -0.2) is 0 Å². The quantitative estimate of drug-likeness (QED) is 0.481. The molecule has 0 atom stereocenters. The van der Waals surface area contributed by atoms with E-state index in [1.165, 1.54) is 24.3 Å². The first kappa shape index (κ1) is 15.9. The van der Waals surface area contributed by atoms with E-state index in [2.05, 4.69) is 4.98 Å². The number of imide groups is 1. The average molecular weight is 341 g/mol. The summed E-state index contributed by atoms with van der Waals surface area (Å²) in [4.78, 5) is 40.0. The maximum atomic E-state index is 12.4. The summed E-state index contributed by atoms with van der Waals surface area (Å²) in [6, 6.07) is 9.25. The fraction of sp³-hybridized carbons (Fsp3) is 0.0625. The van der Waals surface area contributed by atoms with Gasteiger partial charge in [-0.3, -0.25) is 29.6 Å². The highest BCUT2D eigenvalue weighted by Crippen LogP contribution is 2.33. The number of thioether (sulfide) groups is 1. The van der Waals surface area contributed by atoms with E-state index in [9.17, 15) is 19.7 Å². The highest BCUT2D eigenvalue weighted by Gasteiger charge is 2.34. The number of benzene rings is 1. The number of hydrogen-bond acceptors (Lipinski definition) is 6. The second-order valence-corrected chi connectivity index (χ2v) is 5.97. The van der Waals surface area contributed by atoms with Crippen molar-refractivity contribution >= 4 is 34.7 Å². The van der Waals surface area contributed by atoms with Gasteiger partial charge in [-0.2, -0.15) is 0 Å². The number of nitro groups is 1. The molecule has 0 bridgehead atoms. The van der Waals surface area contributed by atoms with Crippen molar-refractivity contribution < 1.29 is 14.5 Å². The molecular weight excluding hydrogens is 330 g/mol. The summed E-state index contributed by atoms with van der Waals surface area (Å²) < 4.78 is 0. The lowest BCUT2D eigenvalue weighted by atomic mass is 10.2. The molecule has 0 saturated carbocycles. The normalized spacial score (nSPS) is 16.0. The Hall–Kier alpha value is -3.00. The first-order valence-electron chi connectivity index (χ1n) is 6.93. The van der Waals surface area contributed by atoms with Crippen molar-refractivity contribution in [1.29, 1.82) is 0 Å². The SMILES string of the molecule is O=C1SC(=Cc2ccncc2)C(=O)N1Cc1ccc([N+](=O)[O-])cc1. The van der Waals surface area contributed by atoms with Gasteiger partial charge in [0.25, 0.3) is 16.8 Å². The third kappa shape index (κ3) is 3.33. The standard InChI is InChI=1S/C16H11N3O4S/c20-15-14(9-11-5-7-17-8-6-11)24-16(21)18(15)10-12-1-3-13(4-2-12)19(22)23/h1-9H,10H2. The van der Waals surface area contributed by atoms with E-state index < -0.39 is 4.92 Å². The molecule has 0 radical (unpaired) electrons. The molecule has 2 amide bonds. The van der Waals surface area contributed by atoms with E-state index in [0.29, 0.717) is 10.5 Å². The molecule has 0 N–H and O–H groups in total. The average Bonchev–Trinajstić information content (AvgIpc) is 2.84. The first-order chi connectivity index (χ1) is 11.5. The Morgan fingerprint density at radius 1 is 1.12 bits per heavy atom. The van der Waals surface area contributed by atoms with Gasteiger partial charge >= 0.3 is 0 Å². The highest BCUT2D eigenvalue weighted by molar-refractivity contribution is 8.18. The molecule has 120 valence electrons. The molecule has 24 heavy (non-hydrogen) atoms. The van der Waals surface area contributed by atoms with Gasteiger partial charge in [0.05, 0.1) is 16.4 Å². The summed E-state index contributed by atoms with van der Waals surface area (Å²) in [5.41, 5.74) is 1.39. The lowest BCUT2D eigenvalue weighted by Gasteiger charge is -2.12. The molecule has 2 heterocycles. The maximum Gasteiger partial charge on any atom is 0.293 e. The monoisotopic (exact) mass is 341 g/mol. The van der Waals surface area contributed by atoms with Crippen molar-refractivity contribution in [3.8, 4) is 0 Å². The molecule has 1 fully saturated rings. The Morgan fingerprint density at radius 2 is 1.79 bits per heavy atom. The number of hydrogen-bond donors (Lipinski definition) is 0. The Bertz CT molecular complexity index is 834. The summed E-state index contributed by atoms with van der Waals surface area (Å²) in [6.07, 6.45) is 4.85. The van der Waals surface area contributed by atoms with Gasteiger partial charge in [0, 0.05) is 24.5 Å². The molecule has 0 unspecified atom stereocenters. The third-order valence-electron chi connectivity index (χ3n) is 3.37. The number of carbonyl (C=O) groups is 2. The largest absolute Gasteiger partial charge is 0.293 e. The zero-order chi connectivity index (χ0) is 17.1. The minimum Gasteiger partial charge on any atom is -0.268 e. The third-order valence-corrected chi connectivity index (χ3v) is 4.27. The number of carbonyl (C=O) groups excluding carboxylic acids is 2. The predicted octanol–water partition coefficient (Wildman–Crippen LogP) is 3.23. The molecule has 1 aromatic heterocycles. The van der Waals surface area contributed by atoms with Gasteiger partial charge in [0.2, 0.25) is 0 Å². The second-order valence-electron chi connectivity index (χ2n) is 4.97. The van der Waals surface area contributed by atoms with Crippen LogP contribution >= 0.6 is 11.8 Å². The molecule has 1 aromatic carbocycles. The number of aromatic nitrogens is 1. The van der Waals surface area contributed by atoms with Crippen LogP contribution in [0.3, 0.4) is 0 Å². The van der Waals surface area contributed by atoms with Crippen LogP contribution in [-0.2, 0) is 11.3 Å². The Morgan fingerprint density at radius 3 is 2.42 bits per heavy atom. The van der Waals surface area contributed by atoms with Crippen molar-refractivity contribution in [3.05, 3.63) is 74.9 Å². The van der Waals surface area contributed by atoms with E-state index in [1.54, 1.807) is 30.6 Å². The number of nitrogens with zero attached hydrogens (tertiary/aromatic N) is 3. The molecule has 1 saturated heterocycles. The topological polar surface area (TPSA) is 93.4 Å². The van der Waals surface area contributed by atoms with Crippen LogP contribution < -0.4 is 0 Å². The fourth-order valence-electron chi connectivity index (χ4n) is 2.15. The van der Waals surface area contributed by atoms with Crippen molar-refractivity contribution in [2.75, 3.05) is 0 Å². The van der Waals surface area contributed by atoms with Gasteiger partial charge in [-0.1, -0.05) is 12.1 Å². The number of amides is 2. The molecule has 0 spiro atoms. The maximum absolute atomic E-state index is 12.4. The number of non-ortho nitro benzene ring substituents is 1. The smallest absolute Gasteiger partial charge is 0.268 e. The van der Waals surface area contributed by atoms with Gasteiger partial charge in [-0.05, 0) is 41.1 Å². The van der Waals surface area contributed by atoms with E-state index in [0.717, 1.165) is 22.2 Å². The van der Waals surface area contributed by atoms with E-state index in [1.807, 2.05) is 0 Å². The van der Waals surface area contributed by atoms with Crippen LogP contribution in [0.25, 0.3) is 6.08 Å². The van der Waals surface area contributed by atoms with Crippen LogP contribution in [0, 0.1) is 10.1 Å². The number of pyridine rings is 1. The van der Waals surface area contributed by atoms with Gasteiger partial charge in [0.1, 0.15) is 0 Å². The Labute approximate surface area is 141 Å². The van der Waals surface area contributed by atoms with Crippen LogP contribution in [0.1, 0.15) is 11.1 Å². The van der Waals surface area contributed by atoms with Crippen LogP contribution in [0.2, 0.25) is 0 Å². The van der Waals surface area contributed by atoms with Gasteiger partial charge < -0.3 is 0 Å². The summed E-state index contributed by atoms with van der Waals surface area (Å²) in [6.45, 7) is 0.0797. The van der Waals surface area contributed by atoms with Crippen LogP contribution in [0.5, 0.6) is 0 Å². The summed E-state index contributed by atoms with van der Waals surface area (Å²) in [7, 11) is 0. The molecular formula is C16H11N3O4S. The Balaban J connectivity index is 1.77. The van der Waals surface area contributed by atoms with Crippen LogP contribution in [0.15, 0.2) is 53.7 Å². The lowest BCUT2D eigenvalue weighted by Crippen LogP contribution is -2.27. The second kappa shape index (κ2) is 6.63. The van der Waals surface area contributed by atoms with E-state index in [4.69, 9.17) is 0 Å². The van der Waals surface area contributed by atoms with Crippen molar-refractivity contribution in [2.24, 2.45) is 0 Å². The zero-order valence-corrected chi connectivity index (χ0v) is 13.1. The molecule has 8 heteroatoms. The zero-order valence-electron chi connectivity index (χ0n) is 12.3. The fourth-order valence-corrected chi connectivity index (χ4v) is 2.99. The van der Waals surface area contributed by atoms with Crippen LogP contribution in [-0.4, -0.2) is 26.0 Å². The molecule has 0 aliphatic carbocycles. The van der Waals surface area contributed by atoms with E-state index >= 15 is 0 Å². The molecule has 3 rings (SSSR count). The van der Waals surface area contributed by atoms with E-state index in [-0.39, 0.29) is 23.4 Å². The van der Waals surface area contributed by atoms with Gasteiger partial charge in [0.15, 0.2) is 0 Å². The highest BCUT2D eigenvalue weighted by atomic mass is 32.2. The minimum absolute atomic E-state index is 0.0366. The molecule has 1 aliphatic heterocycles. The van der Waals surface area contributed by atoms with Crippen molar-refractivity contribution in [2.45, 2.75) is 6.54 Å². The van der Waals surface area contributed by atoms with Gasteiger partial charge in [-0.15, -0.1) is 0 Å².